The molecular formula is C17H22N2O2. The zero-order valence-corrected chi connectivity index (χ0v) is 13.1. The third kappa shape index (κ3) is 3.52. The van der Waals surface area contributed by atoms with Gasteiger partial charge in [0.2, 0.25) is 0 Å². The normalized spacial score (nSPS) is 10.5. The van der Waals surface area contributed by atoms with Gasteiger partial charge in [-0.15, -0.1) is 0 Å². The first-order valence-corrected chi connectivity index (χ1v) is 7.09. The summed E-state index contributed by atoms with van der Waals surface area (Å²) in [6.45, 7) is 5.91. The molecule has 0 aliphatic heterocycles. The molecule has 1 N–H and O–H groups in total. The van der Waals surface area contributed by atoms with Crippen molar-refractivity contribution in [3.63, 3.8) is 0 Å². The molecule has 0 aliphatic rings. The first-order valence-electron chi connectivity index (χ1n) is 7.09. The summed E-state index contributed by atoms with van der Waals surface area (Å²) < 4.78 is 10.7. The fraction of sp³-hybridized carbons (Fsp3) is 0.353. The van der Waals surface area contributed by atoms with E-state index in [0.29, 0.717) is 0 Å². The Morgan fingerprint density at radius 3 is 2.52 bits per heavy atom. The summed E-state index contributed by atoms with van der Waals surface area (Å²) in [4.78, 5) is 4.70. The van der Waals surface area contributed by atoms with Gasteiger partial charge in [0.25, 0.3) is 0 Å². The minimum atomic E-state index is 0.793. The molecule has 21 heavy (non-hydrogen) atoms. The second-order valence-electron chi connectivity index (χ2n) is 4.79. The number of ether oxygens (including phenoxy) is 2. The van der Waals surface area contributed by atoms with Crippen molar-refractivity contribution in [1.82, 2.24) is 10.3 Å². The predicted octanol–water partition coefficient (Wildman–Crippen LogP) is 3.18. The molecule has 0 amide bonds. The molecule has 2 rings (SSSR count). The van der Waals surface area contributed by atoms with Crippen molar-refractivity contribution in [3.8, 4) is 22.8 Å². The molecule has 0 aliphatic carbocycles. The van der Waals surface area contributed by atoms with Crippen LogP contribution in [0.1, 0.15) is 18.2 Å². The van der Waals surface area contributed by atoms with Crippen molar-refractivity contribution in [3.05, 3.63) is 41.6 Å². The summed E-state index contributed by atoms with van der Waals surface area (Å²) >= 11 is 0. The van der Waals surface area contributed by atoms with Crippen LogP contribution in [0.3, 0.4) is 0 Å². The van der Waals surface area contributed by atoms with E-state index in [1.54, 1.807) is 14.2 Å². The molecule has 0 saturated heterocycles. The Balaban J connectivity index is 2.39. The number of nitrogens with one attached hydrogen (secondary N) is 1. The largest absolute Gasteiger partial charge is 0.497 e. The topological polar surface area (TPSA) is 43.4 Å². The van der Waals surface area contributed by atoms with Crippen LogP contribution >= 0.6 is 0 Å². The second-order valence-corrected chi connectivity index (χ2v) is 4.79. The second kappa shape index (κ2) is 7.09. The SMILES string of the molecule is CCNCc1ccc(-c2cc(OC)ccc2OC)nc1C. The fourth-order valence-electron chi connectivity index (χ4n) is 2.20. The summed E-state index contributed by atoms with van der Waals surface area (Å²) in [7, 11) is 3.32. The standard InChI is InChI=1S/C17H22N2O2/c1-5-18-11-13-6-8-16(19-12(13)2)15-10-14(20-3)7-9-17(15)21-4/h6-10,18H,5,11H2,1-4H3. The lowest BCUT2D eigenvalue weighted by Gasteiger charge is -2.12. The smallest absolute Gasteiger partial charge is 0.128 e. The molecule has 0 bridgehead atoms. The molecule has 4 heteroatoms. The van der Waals surface area contributed by atoms with Crippen LogP contribution in [0.25, 0.3) is 11.3 Å². The summed E-state index contributed by atoms with van der Waals surface area (Å²) in [5.74, 6) is 1.59. The van der Waals surface area contributed by atoms with Gasteiger partial charge in [-0.25, -0.2) is 0 Å². The average molecular weight is 286 g/mol. The van der Waals surface area contributed by atoms with Crippen molar-refractivity contribution < 1.29 is 9.47 Å². The van der Waals surface area contributed by atoms with Gasteiger partial charge >= 0.3 is 0 Å². The van der Waals surface area contributed by atoms with Crippen LogP contribution in [0.2, 0.25) is 0 Å². The Bertz CT molecular complexity index is 612. The molecule has 1 heterocycles. The van der Waals surface area contributed by atoms with E-state index < -0.39 is 0 Å². The molecule has 0 spiro atoms. The first-order chi connectivity index (χ1) is 10.2. The fourth-order valence-corrected chi connectivity index (χ4v) is 2.20. The molecule has 4 nitrogen and oxygen atoms in total. The Morgan fingerprint density at radius 2 is 1.90 bits per heavy atom. The van der Waals surface area contributed by atoms with Crippen LogP contribution in [-0.2, 0) is 6.54 Å². The van der Waals surface area contributed by atoms with Crippen molar-refractivity contribution in [2.45, 2.75) is 20.4 Å². The lowest BCUT2D eigenvalue weighted by molar-refractivity contribution is 0.404. The lowest BCUT2D eigenvalue weighted by atomic mass is 10.1. The van der Waals surface area contributed by atoms with E-state index in [-0.39, 0.29) is 0 Å². The maximum atomic E-state index is 5.43. The third-order valence-electron chi connectivity index (χ3n) is 3.44. The summed E-state index contributed by atoms with van der Waals surface area (Å²) in [5.41, 5.74) is 4.07. The minimum absolute atomic E-state index is 0.793. The van der Waals surface area contributed by atoms with Crippen LogP contribution < -0.4 is 14.8 Å². The van der Waals surface area contributed by atoms with E-state index in [0.717, 1.165) is 41.5 Å². The van der Waals surface area contributed by atoms with Gasteiger partial charge in [0.15, 0.2) is 0 Å². The zero-order valence-electron chi connectivity index (χ0n) is 13.1. The Labute approximate surface area is 126 Å². The predicted molar refractivity (Wildman–Crippen MR) is 84.9 cm³/mol. The van der Waals surface area contributed by atoms with Crippen molar-refractivity contribution in [2.24, 2.45) is 0 Å². The summed E-state index contributed by atoms with van der Waals surface area (Å²) in [5, 5.41) is 3.32. The van der Waals surface area contributed by atoms with E-state index in [4.69, 9.17) is 14.5 Å². The highest BCUT2D eigenvalue weighted by molar-refractivity contribution is 5.69. The maximum Gasteiger partial charge on any atom is 0.128 e. The van der Waals surface area contributed by atoms with Crippen molar-refractivity contribution in [2.75, 3.05) is 20.8 Å². The van der Waals surface area contributed by atoms with Crippen LogP contribution in [0.15, 0.2) is 30.3 Å². The number of hydrogen-bond donors (Lipinski definition) is 1. The van der Waals surface area contributed by atoms with Crippen LogP contribution in [0, 0.1) is 6.92 Å². The zero-order chi connectivity index (χ0) is 15.2. The number of pyridine rings is 1. The van der Waals surface area contributed by atoms with Gasteiger partial charge in [0.1, 0.15) is 11.5 Å². The van der Waals surface area contributed by atoms with Gasteiger partial charge in [0.05, 0.1) is 19.9 Å². The highest BCUT2D eigenvalue weighted by atomic mass is 16.5. The van der Waals surface area contributed by atoms with Gasteiger partial charge in [-0.05, 0) is 43.3 Å². The van der Waals surface area contributed by atoms with E-state index in [1.165, 1.54) is 5.56 Å². The molecule has 0 unspecified atom stereocenters. The molecule has 0 atom stereocenters. The number of benzene rings is 1. The Hall–Kier alpha value is -2.07. The molecule has 112 valence electrons. The van der Waals surface area contributed by atoms with Gasteiger partial charge in [0, 0.05) is 17.8 Å². The number of aryl methyl sites for hydroxylation is 1. The number of hydrogen-bond acceptors (Lipinski definition) is 4. The third-order valence-corrected chi connectivity index (χ3v) is 3.44. The quantitative estimate of drug-likeness (QED) is 0.885. The highest BCUT2D eigenvalue weighted by Crippen LogP contribution is 2.32. The molecule has 1 aromatic carbocycles. The number of methoxy groups -OCH3 is 2. The molecule has 0 radical (unpaired) electrons. The van der Waals surface area contributed by atoms with E-state index in [9.17, 15) is 0 Å². The maximum absolute atomic E-state index is 5.43. The van der Waals surface area contributed by atoms with E-state index >= 15 is 0 Å². The van der Waals surface area contributed by atoms with Crippen LogP contribution in [0.4, 0.5) is 0 Å². The minimum Gasteiger partial charge on any atom is -0.497 e. The molecule has 0 fully saturated rings. The number of rotatable bonds is 6. The van der Waals surface area contributed by atoms with Gasteiger partial charge in [-0.2, -0.15) is 0 Å². The lowest BCUT2D eigenvalue weighted by Crippen LogP contribution is -2.13. The molecular weight excluding hydrogens is 264 g/mol. The van der Waals surface area contributed by atoms with Gasteiger partial charge in [-0.1, -0.05) is 13.0 Å². The molecule has 1 aromatic heterocycles. The summed E-state index contributed by atoms with van der Waals surface area (Å²) in [6.07, 6.45) is 0. The van der Waals surface area contributed by atoms with Crippen LogP contribution in [0.5, 0.6) is 11.5 Å². The van der Waals surface area contributed by atoms with E-state index in [1.807, 2.05) is 31.2 Å². The summed E-state index contributed by atoms with van der Waals surface area (Å²) in [6, 6.07) is 9.87. The number of aromatic nitrogens is 1. The number of nitrogens with zero attached hydrogens (tertiary/aromatic N) is 1. The van der Waals surface area contributed by atoms with Crippen LogP contribution in [-0.4, -0.2) is 25.7 Å². The Morgan fingerprint density at radius 1 is 1.10 bits per heavy atom. The Kier molecular flexibility index (Phi) is 5.17. The van der Waals surface area contributed by atoms with E-state index in [2.05, 4.69) is 18.3 Å². The molecule has 0 saturated carbocycles. The van der Waals surface area contributed by atoms with Gasteiger partial charge < -0.3 is 14.8 Å². The first kappa shape index (κ1) is 15.3. The molecule has 2 aromatic rings. The average Bonchev–Trinajstić information content (AvgIpc) is 2.53. The highest BCUT2D eigenvalue weighted by Gasteiger charge is 2.10. The van der Waals surface area contributed by atoms with Crippen molar-refractivity contribution in [1.29, 1.82) is 0 Å². The monoisotopic (exact) mass is 286 g/mol. The van der Waals surface area contributed by atoms with Crippen molar-refractivity contribution >= 4 is 0 Å². The van der Waals surface area contributed by atoms with Gasteiger partial charge in [-0.3, -0.25) is 4.98 Å².